The zero-order valence-electron chi connectivity index (χ0n) is 45.8. The van der Waals surface area contributed by atoms with Crippen LogP contribution in [-0.2, 0) is 52.7 Å². The van der Waals surface area contributed by atoms with Crippen molar-refractivity contribution in [2.75, 3.05) is 66.6 Å². The Morgan fingerprint density at radius 1 is 0.534 bits per heavy atom. The van der Waals surface area contributed by atoms with Gasteiger partial charge in [-0.1, -0.05) is 41.5 Å². The van der Waals surface area contributed by atoms with E-state index >= 15 is 0 Å². The Morgan fingerprint density at radius 3 is 1.44 bits per heavy atom. The fraction of sp³-hybridized carbons (Fsp3) is 0.808. The van der Waals surface area contributed by atoms with Crippen molar-refractivity contribution < 1.29 is 52.7 Å². The number of nitrogens with zero attached hydrogens (tertiary/aromatic N) is 6. The molecule has 4 heterocycles. The van der Waals surface area contributed by atoms with Gasteiger partial charge >= 0.3 is 0 Å². The van der Waals surface area contributed by atoms with Crippen molar-refractivity contribution in [3.8, 4) is 0 Å². The molecule has 4 rings (SSSR count). The summed E-state index contributed by atoms with van der Waals surface area (Å²) in [5, 5.41) is 11.2. The molecule has 0 aromatic rings. The molecule has 0 aromatic carbocycles. The molecule has 0 radical (unpaired) electrons. The molecule has 0 aliphatic carbocycles. The molecule has 21 heteroatoms. The summed E-state index contributed by atoms with van der Waals surface area (Å²) in [4.78, 5) is 150. The molecule has 10 amide bonds. The van der Waals surface area contributed by atoms with Gasteiger partial charge in [0.05, 0.1) is 13.1 Å². The van der Waals surface area contributed by atoms with Crippen molar-refractivity contribution in [1.82, 2.24) is 50.7 Å². The summed E-state index contributed by atoms with van der Waals surface area (Å²) in [7, 11) is 3.00. The molecule has 0 spiro atoms. The summed E-state index contributed by atoms with van der Waals surface area (Å²) in [6.45, 7) is 18.6. The van der Waals surface area contributed by atoms with Crippen LogP contribution in [0.25, 0.3) is 0 Å². The Labute approximate surface area is 433 Å². The number of nitrogens with one attached hydrogen (secondary N) is 4. The van der Waals surface area contributed by atoms with Gasteiger partial charge in [0, 0.05) is 53.5 Å². The number of hydrogen-bond acceptors (Lipinski definition) is 11. The fourth-order valence-corrected chi connectivity index (χ4v) is 10.4. The molecule has 4 aliphatic heterocycles. The van der Waals surface area contributed by atoms with Crippen LogP contribution in [0.5, 0.6) is 0 Å². The largest absolute Gasteiger partial charge is 0.381 e. The second-order valence-electron chi connectivity index (χ2n) is 22.0. The summed E-state index contributed by atoms with van der Waals surface area (Å²) in [6.07, 6.45) is 4.20. The maximum Gasteiger partial charge on any atom is 0.245 e. The Morgan fingerprint density at radius 2 is 0.973 bits per heavy atom. The summed E-state index contributed by atoms with van der Waals surface area (Å²) >= 11 is 0. The monoisotopic (exact) mass is 1030 g/mol. The number of rotatable bonds is 10. The second kappa shape index (κ2) is 27.8. The number of hydrogen-bond donors (Lipinski definition) is 4. The van der Waals surface area contributed by atoms with Gasteiger partial charge in [-0.15, -0.1) is 0 Å². The Balaban J connectivity index is 1.74. The number of ether oxygens (including phenoxy) is 1. The molecule has 4 aliphatic rings. The molecule has 412 valence electrons. The van der Waals surface area contributed by atoms with E-state index in [9.17, 15) is 47.9 Å². The maximum atomic E-state index is 14.6. The molecule has 73 heavy (non-hydrogen) atoms. The lowest BCUT2D eigenvalue weighted by Crippen LogP contribution is -2.59. The SMILES string of the molecule is CCN1CC(=O)N[C@@H](CCC(C)C)C(=O)N2CCC[C@@H]2C(=O)N(C)[C@@H](CC(C)C)C(=O)N[C@@H](C)C(=O)N(CC2CCOCC2)CC(=O)N[C@@H](C)C(=O)N2CCC[C@@H]2C(=O)N(C)[C@@H](CC(C)C)C(=O)N[C@@H](C)C1=O. The first-order valence-corrected chi connectivity index (χ1v) is 26.9. The fourth-order valence-electron chi connectivity index (χ4n) is 10.4. The third-order valence-corrected chi connectivity index (χ3v) is 14.6. The molecule has 21 nitrogen and oxygen atoms in total. The number of likely N-dealkylation sites (N-methyl/N-ethyl adjacent to an activating group) is 3. The van der Waals surface area contributed by atoms with Crippen LogP contribution in [0.3, 0.4) is 0 Å². The van der Waals surface area contributed by atoms with Crippen molar-refractivity contribution in [2.45, 2.75) is 182 Å². The van der Waals surface area contributed by atoms with Crippen LogP contribution < -0.4 is 21.3 Å². The van der Waals surface area contributed by atoms with Crippen LogP contribution in [-0.4, -0.2) is 203 Å². The van der Waals surface area contributed by atoms with Crippen molar-refractivity contribution >= 4 is 59.1 Å². The number of fused-ring (bicyclic) bond motifs is 2. The number of amides is 10. The highest BCUT2D eigenvalue weighted by Gasteiger charge is 2.44. The number of carbonyl (C=O) groups is 10. The predicted octanol–water partition coefficient (Wildman–Crippen LogP) is 1.27. The van der Waals surface area contributed by atoms with E-state index in [0.29, 0.717) is 58.2 Å². The lowest BCUT2D eigenvalue weighted by Gasteiger charge is -2.36. The predicted molar refractivity (Wildman–Crippen MR) is 273 cm³/mol. The molecule has 4 N–H and O–H groups in total. The van der Waals surface area contributed by atoms with Crippen LogP contribution in [0.15, 0.2) is 0 Å². The standard InChI is InChI=1S/C52H88N10O11/c1-13-59-29-44(64)56-38(19-18-31(2)3)50(70)62-23-15-17-40(62)52(72)58(12)42(27-33(6)7)46(66)55-35(9)48(68)60(28-37-20-24-73-25-21-37)30-43(63)53-36(10)49(69)61-22-14-16-39(61)51(71)57(11)41(26-32(4)5)45(65)54-34(8)47(59)67/h31-42H,13-30H2,1-12H3,(H,53,63)(H,54,65)(H,55,66)(H,56,64)/t34-,35-,36-,38-,39+,40+,41-,42-/m0/s1. The van der Waals surface area contributed by atoms with E-state index in [1.165, 1.54) is 64.3 Å². The van der Waals surface area contributed by atoms with Crippen molar-refractivity contribution in [1.29, 1.82) is 0 Å². The zero-order chi connectivity index (χ0) is 54.4. The highest BCUT2D eigenvalue weighted by molar-refractivity contribution is 5.99. The molecule has 0 unspecified atom stereocenters. The third-order valence-electron chi connectivity index (χ3n) is 14.6. The van der Waals surface area contributed by atoms with E-state index in [1.807, 2.05) is 41.5 Å². The summed E-state index contributed by atoms with van der Waals surface area (Å²) in [5.41, 5.74) is 0. The van der Waals surface area contributed by atoms with Gasteiger partial charge < -0.3 is 55.4 Å². The van der Waals surface area contributed by atoms with Gasteiger partial charge in [0.1, 0.15) is 48.3 Å². The highest BCUT2D eigenvalue weighted by atomic mass is 16.5. The molecule has 0 bridgehead atoms. The van der Waals surface area contributed by atoms with E-state index in [0.717, 1.165) is 0 Å². The van der Waals surface area contributed by atoms with E-state index in [4.69, 9.17) is 4.74 Å². The minimum absolute atomic E-state index is 0.00667. The molecular formula is C52H88N10O11. The summed E-state index contributed by atoms with van der Waals surface area (Å²) in [6, 6.07) is -8.34. The van der Waals surface area contributed by atoms with E-state index in [2.05, 4.69) is 21.3 Å². The molecule has 0 aromatic heterocycles. The Kier molecular flexibility index (Phi) is 22.9. The van der Waals surface area contributed by atoms with Gasteiger partial charge in [-0.25, -0.2) is 0 Å². The highest BCUT2D eigenvalue weighted by Crippen LogP contribution is 2.26. The van der Waals surface area contributed by atoms with Crippen LogP contribution >= 0.6 is 0 Å². The van der Waals surface area contributed by atoms with Crippen LogP contribution in [0.2, 0.25) is 0 Å². The van der Waals surface area contributed by atoms with Gasteiger partial charge in [0.2, 0.25) is 59.1 Å². The van der Waals surface area contributed by atoms with Crippen LogP contribution in [0.4, 0.5) is 0 Å². The maximum absolute atomic E-state index is 14.6. The smallest absolute Gasteiger partial charge is 0.245 e. The van der Waals surface area contributed by atoms with Crippen LogP contribution in [0.1, 0.15) is 133 Å². The van der Waals surface area contributed by atoms with Crippen molar-refractivity contribution in [3.05, 3.63) is 0 Å². The quantitative estimate of drug-likeness (QED) is 0.243. The first-order valence-electron chi connectivity index (χ1n) is 26.9. The van der Waals surface area contributed by atoms with E-state index in [1.54, 1.807) is 6.92 Å². The van der Waals surface area contributed by atoms with Gasteiger partial charge in [-0.05, 0) is 116 Å². The normalized spacial score (nSPS) is 28.5. The number of carbonyl (C=O) groups excluding carboxylic acids is 10. The first kappa shape index (κ1) is 60.2. The van der Waals surface area contributed by atoms with Crippen LogP contribution in [0, 0.1) is 23.7 Å². The third kappa shape index (κ3) is 16.6. The first-order chi connectivity index (χ1) is 34.4. The van der Waals surface area contributed by atoms with E-state index < -0.39 is 120 Å². The van der Waals surface area contributed by atoms with Gasteiger partial charge in [0.15, 0.2) is 0 Å². The van der Waals surface area contributed by atoms with Gasteiger partial charge in [-0.3, -0.25) is 47.9 Å². The van der Waals surface area contributed by atoms with Gasteiger partial charge in [-0.2, -0.15) is 0 Å². The summed E-state index contributed by atoms with van der Waals surface area (Å²) in [5.74, 6) is -5.40. The second-order valence-corrected chi connectivity index (χ2v) is 22.0. The minimum atomic E-state index is -1.13. The molecule has 4 fully saturated rings. The van der Waals surface area contributed by atoms with Gasteiger partial charge in [0.25, 0.3) is 0 Å². The summed E-state index contributed by atoms with van der Waals surface area (Å²) < 4.78 is 5.55. The lowest BCUT2D eigenvalue weighted by atomic mass is 9.99. The minimum Gasteiger partial charge on any atom is -0.381 e. The Hall–Kier alpha value is -5.34. The Bertz CT molecular complexity index is 1980. The zero-order valence-corrected chi connectivity index (χ0v) is 45.8. The molecule has 0 saturated carbocycles. The molecular weight excluding hydrogens is 941 g/mol. The average molecular weight is 1030 g/mol. The lowest BCUT2D eigenvalue weighted by molar-refractivity contribution is -0.149. The topological polar surface area (TPSA) is 247 Å². The average Bonchev–Trinajstić information content (AvgIpc) is 4.04. The van der Waals surface area contributed by atoms with E-state index in [-0.39, 0.29) is 69.1 Å². The molecule has 4 saturated heterocycles. The van der Waals surface area contributed by atoms with Crippen molar-refractivity contribution in [3.63, 3.8) is 0 Å². The van der Waals surface area contributed by atoms with Crippen molar-refractivity contribution in [2.24, 2.45) is 23.7 Å². The molecule has 8 atom stereocenters.